The largest absolute Gasteiger partial charge is 0.480 e. The monoisotopic (exact) mass is 444 g/mol. The van der Waals surface area contributed by atoms with Crippen molar-refractivity contribution >= 4 is 23.2 Å². The van der Waals surface area contributed by atoms with E-state index in [0.29, 0.717) is 16.9 Å². The molecule has 0 aromatic heterocycles. The SMILES string of the molecule is Cc1cccc(C)c1OC(C)C(=O)Nc1cccc(NC(=O)c2ccc(C(C)(C)C)cc2)c1. The highest BCUT2D eigenvalue weighted by molar-refractivity contribution is 6.04. The van der Waals surface area contributed by atoms with Gasteiger partial charge in [-0.15, -0.1) is 0 Å². The van der Waals surface area contributed by atoms with Gasteiger partial charge in [0.2, 0.25) is 0 Å². The smallest absolute Gasteiger partial charge is 0.265 e. The number of benzene rings is 3. The second-order valence-corrected chi connectivity index (χ2v) is 9.33. The summed E-state index contributed by atoms with van der Waals surface area (Å²) >= 11 is 0. The van der Waals surface area contributed by atoms with E-state index in [0.717, 1.165) is 16.9 Å². The Balaban J connectivity index is 1.64. The van der Waals surface area contributed by atoms with Gasteiger partial charge in [0.1, 0.15) is 5.75 Å². The normalized spacial score (nSPS) is 12.1. The van der Waals surface area contributed by atoms with Gasteiger partial charge in [-0.1, -0.05) is 57.2 Å². The molecule has 5 heteroatoms. The summed E-state index contributed by atoms with van der Waals surface area (Å²) in [5, 5.41) is 5.76. The fraction of sp³-hybridized carbons (Fsp3) is 0.286. The standard InChI is InChI=1S/C28H32N2O3/c1-18-9-7-10-19(2)25(18)33-20(3)26(31)29-23-11-8-12-24(17-23)30-27(32)21-13-15-22(16-14-21)28(4,5)6/h7-17,20H,1-6H3,(H,29,31)(H,30,32). The third-order valence-corrected chi connectivity index (χ3v) is 5.47. The number of aryl methyl sites for hydroxylation is 2. The molecule has 2 N–H and O–H groups in total. The molecular weight excluding hydrogens is 412 g/mol. The Bertz CT molecular complexity index is 1120. The van der Waals surface area contributed by atoms with Gasteiger partial charge in [-0.25, -0.2) is 0 Å². The first-order chi connectivity index (χ1) is 15.5. The van der Waals surface area contributed by atoms with Crippen molar-refractivity contribution in [3.63, 3.8) is 0 Å². The summed E-state index contributed by atoms with van der Waals surface area (Å²) in [7, 11) is 0. The van der Waals surface area contributed by atoms with Gasteiger partial charge in [0.05, 0.1) is 0 Å². The third kappa shape index (κ3) is 6.22. The molecule has 0 saturated heterocycles. The molecule has 0 saturated carbocycles. The van der Waals surface area contributed by atoms with Gasteiger partial charge in [-0.3, -0.25) is 9.59 Å². The van der Waals surface area contributed by atoms with Crippen molar-refractivity contribution in [2.45, 2.75) is 53.1 Å². The van der Waals surface area contributed by atoms with Crippen LogP contribution in [0.3, 0.4) is 0 Å². The third-order valence-electron chi connectivity index (χ3n) is 5.47. The molecule has 3 aromatic rings. The Labute approximate surface area is 196 Å². The minimum absolute atomic E-state index is 0.0281. The van der Waals surface area contributed by atoms with Gasteiger partial charge in [-0.2, -0.15) is 0 Å². The fourth-order valence-electron chi connectivity index (χ4n) is 3.46. The highest BCUT2D eigenvalue weighted by atomic mass is 16.5. The number of carbonyl (C=O) groups is 2. The lowest BCUT2D eigenvalue weighted by atomic mass is 9.87. The topological polar surface area (TPSA) is 67.4 Å². The number of amides is 2. The fourth-order valence-corrected chi connectivity index (χ4v) is 3.46. The summed E-state index contributed by atoms with van der Waals surface area (Å²) in [5.41, 5.74) is 4.91. The molecule has 5 nitrogen and oxygen atoms in total. The zero-order valence-corrected chi connectivity index (χ0v) is 20.2. The Morgan fingerprint density at radius 2 is 1.36 bits per heavy atom. The van der Waals surface area contributed by atoms with E-state index >= 15 is 0 Å². The predicted octanol–water partition coefficient (Wildman–Crippen LogP) is 6.26. The van der Waals surface area contributed by atoms with Gasteiger partial charge in [-0.05, 0) is 73.2 Å². The highest BCUT2D eigenvalue weighted by Crippen LogP contribution is 2.25. The van der Waals surface area contributed by atoms with Crippen LogP contribution in [0.4, 0.5) is 11.4 Å². The van der Waals surface area contributed by atoms with Gasteiger partial charge in [0.15, 0.2) is 6.10 Å². The van der Waals surface area contributed by atoms with Crippen molar-refractivity contribution in [3.8, 4) is 5.75 Å². The number of anilines is 2. The molecule has 172 valence electrons. The molecule has 0 aliphatic heterocycles. The average molecular weight is 445 g/mol. The number of para-hydroxylation sites is 1. The molecular formula is C28H32N2O3. The van der Waals surface area contributed by atoms with Crippen LogP contribution in [-0.4, -0.2) is 17.9 Å². The van der Waals surface area contributed by atoms with E-state index in [9.17, 15) is 9.59 Å². The van der Waals surface area contributed by atoms with Crippen molar-refractivity contribution in [3.05, 3.63) is 89.0 Å². The van der Waals surface area contributed by atoms with Crippen LogP contribution in [0.1, 0.15) is 54.7 Å². The molecule has 1 unspecified atom stereocenters. The van der Waals surface area contributed by atoms with Crippen LogP contribution in [-0.2, 0) is 10.2 Å². The van der Waals surface area contributed by atoms with Crippen molar-refractivity contribution in [2.75, 3.05) is 10.6 Å². The van der Waals surface area contributed by atoms with Crippen molar-refractivity contribution in [2.24, 2.45) is 0 Å². The van der Waals surface area contributed by atoms with Crippen molar-refractivity contribution in [1.29, 1.82) is 0 Å². The van der Waals surface area contributed by atoms with E-state index in [4.69, 9.17) is 4.74 Å². The molecule has 3 aromatic carbocycles. The Kier molecular flexibility index (Phi) is 7.22. The number of ether oxygens (including phenoxy) is 1. The summed E-state index contributed by atoms with van der Waals surface area (Å²) in [4.78, 5) is 25.3. The van der Waals surface area contributed by atoms with Gasteiger partial charge < -0.3 is 15.4 Å². The zero-order chi connectivity index (χ0) is 24.2. The van der Waals surface area contributed by atoms with E-state index in [1.807, 2.05) is 56.3 Å². The number of rotatable bonds is 6. The van der Waals surface area contributed by atoms with E-state index in [1.54, 1.807) is 31.2 Å². The van der Waals surface area contributed by atoms with Crippen LogP contribution in [0.5, 0.6) is 5.75 Å². The molecule has 2 amide bonds. The van der Waals surface area contributed by atoms with Gasteiger partial charge in [0.25, 0.3) is 11.8 Å². The molecule has 0 aliphatic rings. The number of hydrogen-bond acceptors (Lipinski definition) is 3. The first kappa shape index (κ1) is 24.1. The summed E-state index contributed by atoms with van der Waals surface area (Å²) in [6, 6.07) is 20.5. The minimum Gasteiger partial charge on any atom is -0.480 e. The van der Waals surface area contributed by atoms with Crippen LogP contribution in [0.2, 0.25) is 0 Å². The quantitative estimate of drug-likeness (QED) is 0.472. The van der Waals surface area contributed by atoms with Crippen LogP contribution >= 0.6 is 0 Å². The van der Waals surface area contributed by atoms with Gasteiger partial charge >= 0.3 is 0 Å². The first-order valence-electron chi connectivity index (χ1n) is 11.1. The maximum atomic E-state index is 12.7. The Morgan fingerprint density at radius 3 is 1.94 bits per heavy atom. The van der Waals surface area contributed by atoms with E-state index < -0.39 is 6.10 Å². The molecule has 0 heterocycles. The van der Waals surface area contributed by atoms with Crippen molar-refractivity contribution in [1.82, 2.24) is 0 Å². The maximum Gasteiger partial charge on any atom is 0.265 e. The summed E-state index contributed by atoms with van der Waals surface area (Å²) in [6.45, 7) is 12.0. The number of nitrogens with one attached hydrogen (secondary N) is 2. The molecule has 3 rings (SSSR count). The van der Waals surface area contributed by atoms with E-state index in [-0.39, 0.29) is 17.2 Å². The molecule has 0 spiro atoms. The van der Waals surface area contributed by atoms with Crippen LogP contribution in [0.15, 0.2) is 66.7 Å². The Morgan fingerprint density at radius 1 is 0.818 bits per heavy atom. The second-order valence-electron chi connectivity index (χ2n) is 9.33. The van der Waals surface area contributed by atoms with Crippen LogP contribution < -0.4 is 15.4 Å². The molecule has 0 fully saturated rings. The zero-order valence-electron chi connectivity index (χ0n) is 20.2. The van der Waals surface area contributed by atoms with Gasteiger partial charge in [0, 0.05) is 16.9 Å². The molecule has 0 bridgehead atoms. The highest BCUT2D eigenvalue weighted by Gasteiger charge is 2.18. The van der Waals surface area contributed by atoms with Crippen molar-refractivity contribution < 1.29 is 14.3 Å². The number of carbonyl (C=O) groups excluding carboxylic acids is 2. The maximum absolute atomic E-state index is 12.7. The minimum atomic E-state index is -0.677. The van der Waals surface area contributed by atoms with E-state index in [2.05, 4.69) is 31.4 Å². The predicted molar refractivity (Wildman–Crippen MR) is 134 cm³/mol. The molecule has 1 atom stereocenters. The lowest BCUT2D eigenvalue weighted by Gasteiger charge is -2.19. The van der Waals surface area contributed by atoms with E-state index in [1.165, 1.54) is 5.56 Å². The van der Waals surface area contributed by atoms with Crippen LogP contribution in [0.25, 0.3) is 0 Å². The molecule has 0 radical (unpaired) electrons. The summed E-state index contributed by atoms with van der Waals surface area (Å²) < 4.78 is 5.91. The second kappa shape index (κ2) is 9.90. The molecule has 33 heavy (non-hydrogen) atoms. The van der Waals surface area contributed by atoms with Crippen LogP contribution in [0, 0.1) is 13.8 Å². The average Bonchev–Trinajstić information content (AvgIpc) is 2.76. The summed E-state index contributed by atoms with van der Waals surface area (Å²) in [5.74, 6) is 0.253. The lowest BCUT2D eigenvalue weighted by molar-refractivity contribution is -0.122. The Hall–Kier alpha value is -3.60. The lowest BCUT2D eigenvalue weighted by Crippen LogP contribution is -2.30. The summed E-state index contributed by atoms with van der Waals surface area (Å²) in [6.07, 6.45) is -0.677. The molecule has 0 aliphatic carbocycles. The first-order valence-corrected chi connectivity index (χ1v) is 11.1. The number of hydrogen-bond donors (Lipinski definition) is 2.